The van der Waals surface area contributed by atoms with Crippen LogP contribution in [0.5, 0.6) is 0 Å². The Balaban J connectivity index is 2.89. The van der Waals surface area contributed by atoms with Crippen molar-refractivity contribution in [2.75, 3.05) is 13.7 Å². The maximum atomic E-state index is 10.8. The van der Waals surface area contributed by atoms with Crippen LogP contribution in [0.3, 0.4) is 0 Å². The molecular weight excluding hydrogens is 272 g/mol. The standard InChI is InChI=1S/C10H10N4O6/c1-20-10(15)6-12-11-5-7-2-3-8(13(16)17)4-9(7)14(18)19/h2-5,12H,6H2,1H3. The Bertz CT molecular complexity index is 571. The molecule has 1 aromatic rings. The summed E-state index contributed by atoms with van der Waals surface area (Å²) in [5.41, 5.74) is 1.55. The van der Waals surface area contributed by atoms with Crippen LogP contribution in [0.15, 0.2) is 23.3 Å². The van der Waals surface area contributed by atoms with Gasteiger partial charge in [-0.25, -0.2) is 0 Å². The number of rotatable bonds is 6. The number of nitrogens with zero attached hydrogens (tertiary/aromatic N) is 3. The summed E-state index contributed by atoms with van der Waals surface area (Å²) in [5, 5.41) is 24.9. The van der Waals surface area contributed by atoms with Crippen molar-refractivity contribution in [2.24, 2.45) is 5.10 Å². The normalized spacial score (nSPS) is 10.2. The smallest absolute Gasteiger partial charge is 0.326 e. The van der Waals surface area contributed by atoms with Gasteiger partial charge in [0.15, 0.2) is 0 Å². The molecule has 0 fully saturated rings. The molecule has 1 rings (SSSR count). The average Bonchev–Trinajstić information content (AvgIpc) is 2.42. The van der Waals surface area contributed by atoms with Crippen molar-refractivity contribution in [3.8, 4) is 0 Å². The van der Waals surface area contributed by atoms with Crippen LogP contribution >= 0.6 is 0 Å². The van der Waals surface area contributed by atoms with Crippen molar-refractivity contribution in [3.63, 3.8) is 0 Å². The second-order valence-corrected chi connectivity index (χ2v) is 3.43. The van der Waals surface area contributed by atoms with E-state index in [4.69, 9.17) is 0 Å². The van der Waals surface area contributed by atoms with Gasteiger partial charge in [0.2, 0.25) is 0 Å². The van der Waals surface area contributed by atoms with Crippen LogP contribution in [0.4, 0.5) is 11.4 Å². The van der Waals surface area contributed by atoms with E-state index in [1.807, 2.05) is 0 Å². The van der Waals surface area contributed by atoms with Crippen molar-refractivity contribution in [1.29, 1.82) is 0 Å². The fourth-order valence-corrected chi connectivity index (χ4v) is 1.21. The molecule has 0 aliphatic rings. The molecule has 0 aliphatic carbocycles. The summed E-state index contributed by atoms with van der Waals surface area (Å²) in [6, 6.07) is 3.15. The van der Waals surface area contributed by atoms with Crippen molar-refractivity contribution in [3.05, 3.63) is 44.0 Å². The quantitative estimate of drug-likeness (QED) is 0.349. The molecule has 0 spiro atoms. The minimum absolute atomic E-state index is 0.0676. The molecule has 0 saturated heterocycles. The highest BCUT2D eigenvalue weighted by atomic mass is 16.6. The van der Waals surface area contributed by atoms with E-state index < -0.39 is 27.2 Å². The minimum Gasteiger partial charge on any atom is -0.468 e. The summed E-state index contributed by atoms with van der Waals surface area (Å²) in [6.45, 7) is -0.201. The van der Waals surface area contributed by atoms with E-state index in [9.17, 15) is 25.0 Å². The minimum atomic E-state index is -0.755. The van der Waals surface area contributed by atoms with Crippen LogP contribution < -0.4 is 5.43 Å². The number of benzene rings is 1. The molecule has 0 amide bonds. The van der Waals surface area contributed by atoms with Crippen LogP contribution in [-0.2, 0) is 9.53 Å². The fourth-order valence-electron chi connectivity index (χ4n) is 1.21. The van der Waals surface area contributed by atoms with E-state index >= 15 is 0 Å². The van der Waals surface area contributed by atoms with Crippen LogP contribution in [0.25, 0.3) is 0 Å². The first-order valence-electron chi connectivity index (χ1n) is 5.21. The Morgan fingerprint density at radius 2 is 2.10 bits per heavy atom. The number of hydrazone groups is 1. The Morgan fingerprint density at radius 3 is 2.65 bits per heavy atom. The largest absolute Gasteiger partial charge is 0.468 e. The Morgan fingerprint density at radius 1 is 1.40 bits per heavy atom. The SMILES string of the molecule is COC(=O)CNN=Cc1ccc([N+](=O)[O-])cc1[N+](=O)[O-]. The highest BCUT2D eigenvalue weighted by molar-refractivity contribution is 5.86. The maximum absolute atomic E-state index is 10.8. The van der Waals surface area contributed by atoms with Gasteiger partial charge in [-0.2, -0.15) is 5.10 Å². The van der Waals surface area contributed by atoms with Gasteiger partial charge in [-0.05, 0) is 6.07 Å². The van der Waals surface area contributed by atoms with E-state index in [2.05, 4.69) is 15.3 Å². The molecule has 0 aromatic heterocycles. The first-order chi connectivity index (χ1) is 9.45. The van der Waals surface area contributed by atoms with Crippen molar-refractivity contribution in [2.45, 2.75) is 0 Å². The summed E-state index contributed by atoms with van der Waals surface area (Å²) in [6.07, 6.45) is 1.09. The number of hydrogen-bond donors (Lipinski definition) is 1. The third kappa shape index (κ3) is 4.01. The molecular formula is C10H10N4O6. The second kappa shape index (κ2) is 6.78. The number of carbonyl (C=O) groups is 1. The Kier molecular flexibility index (Phi) is 5.09. The molecule has 0 bridgehead atoms. The zero-order valence-corrected chi connectivity index (χ0v) is 10.3. The number of nitro benzene ring substituents is 2. The number of carbonyl (C=O) groups excluding carboxylic acids is 1. The predicted octanol–water partition coefficient (Wildman–Crippen LogP) is 0.599. The van der Waals surface area contributed by atoms with E-state index in [1.54, 1.807) is 0 Å². The number of non-ortho nitro benzene ring substituents is 1. The Hall–Kier alpha value is -3.04. The topological polar surface area (TPSA) is 137 Å². The number of esters is 1. The van der Waals surface area contributed by atoms with Crippen LogP contribution in [0.1, 0.15) is 5.56 Å². The first-order valence-corrected chi connectivity index (χ1v) is 5.21. The van der Waals surface area contributed by atoms with E-state index in [0.29, 0.717) is 0 Å². The van der Waals surface area contributed by atoms with Gasteiger partial charge in [-0.15, -0.1) is 0 Å². The zero-order chi connectivity index (χ0) is 15.1. The average molecular weight is 282 g/mol. The molecule has 1 N–H and O–H groups in total. The third-order valence-corrected chi connectivity index (χ3v) is 2.17. The van der Waals surface area contributed by atoms with E-state index in [1.165, 1.54) is 13.2 Å². The van der Waals surface area contributed by atoms with Gasteiger partial charge < -0.3 is 4.74 Å². The number of hydrogen-bond acceptors (Lipinski definition) is 8. The van der Waals surface area contributed by atoms with E-state index in [-0.39, 0.29) is 12.1 Å². The summed E-state index contributed by atoms with van der Waals surface area (Å²) in [4.78, 5) is 30.6. The van der Waals surface area contributed by atoms with Gasteiger partial charge in [-0.3, -0.25) is 30.4 Å². The molecule has 0 unspecified atom stereocenters. The van der Waals surface area contributed by atoms with Crippen molar-refractivity contribution < 1.29 is 19.4 Å². The summed E-state index contributed by atoms with van der Waals surface area (Å²) in [7, 11) is 1.20. The lowest BCUT2D eigenvalue weighted by Gasteiger charge is -1.99. The van der Waals surface area contributed by atoms with Crippen molar-refractivity contribution in [1.82, 2.24) is 5.43 Å². The first kappa shape index (κ1) is 15.0. The zero-order valence-electron chi connectivity index (χ0n) is 10.3. The Labute approximate surface area is 112 Å². The summed E-state index contributed by atoms with van der Waals surface area (Å²) < 4.78 is 4.35. The molecule has 1 aromatic carbocycles. The predicted molar refractivity (Wildman–Crippen MR) is 67.4 cm³/mol. The number of ether oxygens (including phenoxy) is 1. The highest BCUT2D eigenvalue weighted by Crippen LogP contribution is 2.23. The highest BCUT2D eigenvalue weighted by Gasteiger charge is 2.18. The lowest BCUT2D eigenvalue weighted by molar-refractivity contribution is -0.394. The molecule has 0 heterocycles. The molecule has 10 nitrogen and oxygen atoms in total. The molecule has 106 valence electrons. The van der Waals surface area contributed by atoms with Gasteiger partial charge in [-0.1, -0.05) is 0 Å². The number of nitrogens with one attached hydrogen (secondary N) is 1. The van der Waals surface area contributed by atoms with Crippen LogP contribution in [0.2, 0.25) is 0 Å². The third-order valence-electron chi connectivity index (χ3n) is 2.17. The van der Waals surface area contributed by atoms with Gasteiger partial charge >= 0.3 is 5.97 Å². The van der Waals surface area contributed by atoms with E-state index in [0.717, 1.165) is 18.3 Å². The molecule has 0 atom stereocenters. The molecule has 0 aliphatic heterocycles. The number of methoxy groups -OCH3 is 1. The van der Waals surface area contributed by atoms with Crippen LogP contribution in [-0.4, -0.2) is 35.7 Å². The molecule has 0 saturated carbocycles. The van der Waals surface area contributed by atoms with Gasteiger partial charge in [0.25, 0.3) is 11.4 Å². The summed E-state index contributed by atoms with van der Waals surface area (Å²) in [5.74, 6) is -0.555. The fraction of sp³-hybridized carbons (Fsp3) is 0.200. The van der Waals surface area contributed by atoms with Crippen LogP contribution in [0, 0.1) is 20.2 Å². The molecule has 0 radical (unpaired) electrons. The lowest BCUT2D eigenvalue weighted by atomic mass is 10.2. The van der Waals surface area contributed by atoms with Gasteiger partial charge in [0, 0.05) is 6.07 Å². The monoisotopic (exact) mass is 282 g/mol. The number of nitro groups is 2. The molecule has 20 heavy (non-hydrogen) atoms. The summed E-state index contributed by atoms with van der Waals surface area (Å²) >= 11 is 0. The second-order valence-electron chi connectivity index (χ2n) is 3.43. The molecule has 10 heteroatoms. The van der Waals surface area contributed by atoms with Gasteiger partial charge in [0.05, 0.1) is 34.8 Å². The lowest BCUT2D eigenvalue weighted by Crippen LogP contribution is -2.19. The maximum Gasteiger partial charge on any atom is 0.326 e. The van der Waals surface area contributed by atoms with Crippen molar-refractivity contribution >= 4 is 23.6 Å². The van der Waals surface area contributed by atoms with Gasteiger partial charge in [0.1, 0.15) is 6.54 Å².